The summed E-state index contributed by atoms with van der Waals surface area (Å²) in [6.45, 7) is 5.63. The molecular weight excluding hydrogens is 236 g/mol. The fourth-order valence-corrected chi connectivity index (χ4v) is 2.70. The smallest absolute Gasteiger partial charge is 0.238 e. The molecule has 2 rings (SSSR count). The average Bonchev–Trinajstić information content (AvgIpc) is 2.32. The van der Waals surface area contributed by atoms with E-state index in [0.717, 1.165) is 17.8 Å². The van der Waals surface area contributed by atoms with Gasteiger partial charge in [-0.3, -0.25) is 4.79 Å². The molecule has 0 saturated heterocycles. The van der Waals surface area contributed by atoms with Crippen LogP contribution in [0.25, 0.3) is 0 Å². The van der Waals surface area contributed by atoms with Crippen molar-refractivity contribution in [3.05, 3.63) is 29.8 Å². The van der Waals surface area contributed by atoms with Gasteiger partial charge in [0.15, 0.2) is 0 Å². The third-order valence-corrected chi connectivity index (χ3v) is 4.25. The fraction of sp³-hybridized carbons (Fsp3) is 0.562. The largest absolute Gasteiger partial charge is 0.325 e. The highest BCUT2D eigenvalue weighted by Gasteiger charge is 2.34. The van der Waals surface area contributed by atoms with E-state index in [1.165, 1.54) is 25.7 Å². The molecule has 1 aromatic carbocycles. The zero-order chi connectivity index (χ0) is 13.7. The number of aryl methyl sites for hydroxylation is 1. The van der Waals surface area contributed by atoms with Crippen molar-refractivity contribution in [1.29, 1.82) is 0 Å². The predicted molar refractivity (Wildman–Crippen MR) is 79.3 cm³/mol. The van der Waals surface area contributed by atoms with Crippen LogP contribution in [0.1, 0.15) is 38.2 Å². The maximum absolute atomic E-state index is 11.8. The standard InChI is InChI=1S/C16H24N2O/c1-3-16(8-5-9-16)12-17-11-15(19)18-14-7-4-6-13(2)10-14/h4,6-7,10,17H,3,5,8-9,11-12H2,1-2H3,(H,18,19). The van der Waals surface area contributed by atoms with Gasteiger partial charge in [-0.25, -0.2) is 0 Å². The van der Waals surface area contributed by atoms with E-state index in [2.05, 4.69) is 17.6 Å². The topological polar surface area (TPSA) is 41.1 Å². The molecule has 0 spiro atoms. The normalized spacial score (nSPS) is 16.7. The summed E-state index contributed by atoms with van der Waals surface area (Å²) in [4.78, 5) is 11.8. The number of hydrogen-bond donors (Lipinski definition) is 2. The summed E-state index contributed by atoms with van der Waals surface area (Å²) in [6.07, 6.45) is 5.15. The second-order valence-electron chi connectivity index (χ2n) is 5.73. The Hall–Kier alpha value is -1.35. The molecule has 1 aromatic rings. The number of carbonyl (C=O) groups excluding carboxylic acids is 1. The Morgan fingerprint density at radius 3 is 2.74 bits per heavy atom. The molecule has 3 nitrogen and oxygen atoms in total. The lowest BCUT2D eigenvalue weighted by Gasteiger charge is -2.41. The molecule has 19 heavy (non-hydrogen) atoms. The van der Waals surface area contributed by atoms with Crippen LogP contribution in [0.4, 0.5) is 5.69 Å². The summed E-state index contributed by atoms with van der Waals surface area (Å²) < 4.78 is 0. The minimum absolute atomic E-state index is 0.0381. The van der Waals surface area contributed by atoms with E-state index in [4.69, 9.17) is 0 Å². The lowest BCUT2D eigenvalue weighted by molar-refractivity contribution is -0.115. The van der Waals surface area contributed by atoms with Gasteiger partial charge in [0, 0.05) is 12.2 Å². The van der Waals surface area contributed by atoms with E-state index in [0.29, 0.717) is 12.0 Å². The summed E-state index contributed by atoms with van der Waals surface area (Å²) in [5.74, 6) is 0.0381. The second kappa shape index (κ2) is 6.20. The van der Waals surface area contributed by atoms with E-state index >= 15 is 0 Å². The van der Waals surface area contributed by atoms with Gasteiger partial charge in [-0.1, -0.05) is 25.5 Å². The van der Waals surface area contributed by atoms with Crippen molar-refractivity contribution >= 4 is 11.6 Å². The Morgan fingerprint density at radius 2 is 2.16 bits per heavy atom. The van der Waals surface area contributed by atoms with Gasteiger partial charge in [0.05, 0.1) is 6.54 Å². The molecule has 0 radical (unpaired) electrons. The van der Waals surface area contributed by atoms with Gasteiger partial charge in [0.2, 0.25) is 5.91 Å². The number of benzene rings is 1. The highest BCUT2D eigenvalue weighted by atomic mass is 16.1. The molecule has 0 aromatic heterocycles. The Morgan fingerprint density at radius 1 is 1.37 bits per heavy atom. The summed E-state index contributed by atoms with van der Waals surface area (Å²) >= 11 is 0. The third-order valence-electron chi connectivity index (χ3n) is 4.25. The molecule has 1 amide bonds. The first-order chi connectivity index (χ1) is 9.13. The van der Waals surface area contributed by atoms with Crippen LogP contribution >= 0.6 is 0 Å². The highest BCUT2D eigenvalue weighted by molar-refractivity contribution is 5.92. The maximum Gasteiger partial charge on any atom is 0.238 e. The van der Waals surface area contributed by atoms with Gasteiger partial charge in [-0.15, -0.1) is 0 Å². The molecule has 1 aliphatic carbocycles. The van der Waals surface area contributed by atoms with Crippen LogP contribution in [0.3, 0.4) is 0 Å². The number of rotatable bonds is 6. The van der Waals surface area contributed by atoms with E-state index in [9.17, 15) is 4.79 Å². The van der Waals surface area contributed by atoms with Crippen molar-refractivity contribution < 1.29 is 4.79 Å². The van der Waals surface area contributed by atoms with Crippen molar-refractivity contribution in [2.75, 3.05) is 18.4 Å². The Labute approximate surface area is 115 Å². The minimum atomic E-state index is 0.0381. The number of carbonyl (C=O) groups is 1. The predicted octanol–water partition coefficient (Wildman–Crippen LogP) is 3.10. The minimum Gasteiger partial charge on any atom is -0.325 e. The van der Waals surface area contributed by atoms with Crippen molar-refractivity contribution in [2.45, 2.75) is 39.5 Å². The lowest BCUT2D eigenvalue weighted by atomic mass is 9.67. The van der Waals surface area contributed by atoms with E-state index in [1.54, 1.807) is 0 Å². The molecule has 0 atom stereocenters. The molecule has 0 aliphatic heterocycles. The van der Waals surface area contributed by atoms with Crippen molar-refractivity contribution in [3.63, 3.8) is 0 Å². The van der Waals surface area contributed by atoms with Gasteiger partial charge in [-0.05, 0) is 49.3 Å². The fourth-order valence-electron chi connectivity index (χ4n) is 2.70. The number of hydrogen-bond acceptors (Lipinski definition) is 2. The molecule has 3 heteroatoms. The molecule has 1 saturated carbocycles. The first kappa shape index (κ1) is 14.1. The van der Waals surface area contributed by atoms with Gasteiger partial charge in [0.1, 0.15) is 0 Å². The van der Waals surface area contributed by atoms with Gasteiger partial charge in [-0.2, -0.15) is 0 Å². The zero-order valence-corrected chi connectivity index (χ0v) is 12.0. The molecule has 0 unspecified atom stereocenters. The van der Waals surface area contributed by atoms with Crippen LogP contribution in [0, 0.1) is 12.3 Å². The van der Waals surface area contributed by atoms with E-state index in [-0.39, 0.29) is 5.91 Å². The second-order valence-corrected chi connectivity index (χ2v) is 5.73. The number of nitrogens with one attached hydrogen (secondary N) is 2. The highest BCUT2D eigenvalue weighted by Crippen LogP contribution is 2.42. The quantitative estimate of drug-likeness (QED) is 0.825. The SMILES string of the molecule is CCC1(CNCC(=O)Nc2cccc(C)c2)CCC1. The first-order valence-electron chi connectivity index (χ1n) is 7.21. The van der Waals surface area contributed by atoms with Crippen LogP contribution < -0.4 is 10.6 Å². The summed E-state index contributed by atoms with van der Waals surface area (Å²) in [6, 6.07) is 7.88. The van der Waals surface area contributed by atoms with Crippen LogP contribution in [0.5, 0.6) is 0 Å². The Kier molecular flexibility index (Phi) is 4.59. The molecule has 104 valence electrons. The Bertz CT molecular complexity index is 433. The van der Waals surface area contributed by atoms with Crippen molar-refractivity contribution in [1.82, 2.24) is 5.32 Å². The summed E-state index contributed by atoms with van der Waals surface area (Å²) in [7, 11) is 0. The van der Waals surface area contributed by atoms with Crippen LogP contribution in [-0.4, -0.2) is 19.0 Å². The maximum atomic E-state index is 11.8. The monoisotopic (exact) mass is 260 g/mol. The molecule has 0 bridgehead atoms. The number of anilines is 1. The first-order valence-corrected chi connectivity index (χ1v) is 7.21. The molecular formula is C16H24N2O. The van der Waals surface area contributed by atoms with Gasteiger partial charge < -0.3 is 10.6 Å². The number of amides is 1. The van der Waals surface area contributed by atoms with Gasteiger partial charge >= 0.3 is 0 Å². The van der Waals surface area contributed by atoms with Crippen molar-refractivity contribution in [3.8, 4) is 0 Å². The van der Waals surface area contributed by atoms with Crippen LogP contribution in [0.2, 0.25) is 0 Å². The van der Waals surface area contributed by atoms with Crippen LogP contribution in [0.15, 0.2) is 24.3 Å². The van der Waals surface area contributed by atoms with Crippen molar-refractivity contribution in [2.24, 2.45) is 5.41 Å². The molecule has 2 N–H and O–H groups in total. The molecule has 0 heterocycles. The third kappa shape index (κ3) is 3.80. The van der Waals surface area contributed by atoms with Gasteiger partial charge in [0.25, 0.3) is 0 Å². The van der Waals surface area contributed by atoms with E-state index < -0.39 is 0 Å². The van der Waals surface area contributed by atoms with Crippen LogP contribution in [-0.2, 0) is 4.79 Å². The molecule has 1 fully saturated rings. The summed E-state index contributed by atoms with van der Waals surface area (Å²) in [5, 5.41) is 6.22. The Balaban J connectivity index is 1.73. The van der Waals surface area contributed by atoms with E-state index in [1.807, 2.05) is 31.2 Å². The summed E-state index contributed by atoms with van der Waals surface area (Å²) in [5.41, 5.74) is 2.50. The lowest BCUT2D eigenvalue weighted by Crippen LogP contribution is -2.41. The molecule has 1 aliphatic rings. The average molecular weight is 260 g/mol. The zero-order valence-electron chi connectivity index (χ0n) is 12.0.